The van der Waals surface area contributed by atoms with Crippen LogP contribution in [0.25, 0.3) is 0 Å². The summed E-state index contributed by atoms with van der Waals surface area (Å²) in [5.41, 5.74) is 0.00628. The Kier molecular flexibility index (Phi) is 8.66. The van der Waals surface area contributed by atoms with Crippen molar-refractivity contribution in [1.82, 2.24) is 20.6 Å². The Morgan fingerprint density at radius 1 is 1.14 bits per heavy atom. The van der Waals surface area contributed by atoms with Crippen LogP contribution in [0.5, 0.6) is 0 Å². The molecule has 0 fully saturated rings. The monoisotopic (exact) mass is 410 g/mol. The van der Waals surface area contributed by atoms with Gasteiger partial charge in [-0.05, 0) is 18.6 Å². The summed E-state index contributed by atoms with van der Waals surface area (Å²) in [5.74, 6) is 0.338. The first-order valence-electron chi connectivity index (χ1n) is 9.26. The van der Waals surface area contributed by atoms with Crippen LogP contribution >= 0.6 is 0 Å². The standard InChI is InChI=1S/C19H25F3N6O/c1-2-23-17(27-12-15(13-29)14-6-4-3-5-7-14)25-10-11-26-18-24-9-8-16(28-18)19(20,21)22/h3-9,15,29H,2,10-13H2,1H3,(H2,23,25,27)(H,24,26,28). The van der Waals surface area contributed by atoms with Crippen LogP contribution in [0.3, 0.4) is 0 Å². The van der Waals surface area contributed by atoms with E-state index >= 15 is 0 Å². The van der Waals surface area contributed by atoms with Crippen molar-refractivity contribution < 1.29 is 18.3 Å². The molecule has 7 nitrogen and oxygen atoms in total. The van der Waals surface area contributed by atoms with E-state index in [1.54, 1.807) is 0 Å². The molecule has 1 aromatic carbocycles. The summed E-state index contributed by atoms with van der Waals surface area (Å²) in [6.45, 7) is 3.62. The summed E-state index contributed by atoms with van der Waals surface area (Å²) in [5, 5.41) is 18.6. The largest absolute Gasteiger partial charge is 0.433 e. The molecule has 2 aromatic rings. The lowest BCUT2D eigenvalue weighted by molar-refractivity contribution is -0.141. The van der Waals surface area contributed by atoms with Crippen molar-refractivity contribution in [3.05, 3.63) is 53.9 Å². The first-order chi connectivity index (χ1) is 13.9. The van der Waals surface area contributed by atoms with Gasteiger partial charge in [0.1, 0.15) is 5.69 Å². The summed E-state index contributed by atoms with van der Waals surface area (Å²) in [6.07, 6.45) is -3.44. The van der Waals surface area contributed by atoms with E-state index in [0.29, 0.717) is 32.1 Å². The van der Waals surface area contributed by atoms with Crippen LogP contribution in [0.1, 0.15) is 24.1 Å². The predicted molar refractivity (Wildman–Crippen MR) is 106 cm³/mol. The molecule has 0 amide bonds. The van der Waals surface area contributed by atoms with E-state index in [2.05, 4.69) is 30.9 Å². The molecule has 0 aliphatic carbocycles. The van der Waals surface area contributed by atoms with Crippen molar-refractivity contribution in [2.45, 2.75) is 19.0 Å². The third-order valence-electron chi connectivity index (χ3n) is 3.95. The van der Waals surface area contributed by atoms with Gasteiger partial charge in [-0.2, -0.15) is 13.2 Å². The number of benzene rings is 1. The second kappa shape index (κ2) is 11.2. The number of rotatable bonds is 9. The highest BCUT2D eigenvalue weighted by Gasteiger charge is 2.32. The molecular weight excluding hydrogens is 385 g/mol. The zero-order chi connectivity index (χ0) is 21.1. The smallest absolute Gasteiger partial charge is 0.396 e. The minimum Gasteiger partial charge on any atom is -0.396 e. The van der Waals surface area contributed by atoms with Crippen LogP contribution in [-0.4, -0.2) is 53.8 Å². The highest BCUT2D eigenvalue weighted by molar-refractivity contribution is 5.79. The molecule has 1 atom stereocenters. The lowest BCUT2D eigenvalue weighted by atomic mass is 10.0. The minimum atomic E-state index is -4.51. The molecule has 10 heteroatoms. The van der Waals surface area contributed by atoms with Crippen LogP contribution in [0.2, 0.25) is 0 Å². The number of aliphatic hydroxyl groups is 1. The third kappa shape index (κ3) is 7.57. The van der Waals surface area contributed by atoms with Gasteiger partial charge in [0.15, 0.2) is 5.96 Å². The summed E-state index contributed by atoms with van der Waals surface area (Å²) in [7, 11) is 0. The quantitative estimate of drug-likeness (QED) is 0.288. The zero-order valence-corrected chi connectivity index (χ0v) is 16.1. The number of alkyl halides is 3. The zero-order valence-electron chi connectivity index (χ0n) is 16.1. The van der Waals surface area contributed by atoms with E-state index in [-0.39, 0.29) is 18.5 Å². The second-order valence-electron chi connectivity index (χ2n) is 6.13. The number of aromatic nitrogens is 2. The number of nitrogens with one attached hydrogen (secondary N) is 3. The number of aliphatic imine (C=N–C) groups is 1. The molecule has 0 saturated heterocycles. The Morgan fingerprint density at radius 2 is 1.90 bits per heavy atom. The average Bonchev–Trinajstić information content (AvgIpc) is 2.72. The van der Waals surface area contributed by atoms with Gasteiger partial charge >= 0.3 is 6.18 Å². The molecule has 1 aromatic heterocycles. The van der Waals surface area contributed by atoms with Crippen molar-refractivity contribution in [1.29, 1.82) is 0 Å². The SMILES string of the molecule is CCNC(=NCC(CO)c1ccccc1)NCCNc1nccc(C(F)(F)F)n1. The molecule has 0 radical (unpaired) electrons. The van der Waals surface area contributed by atoms with E-state index < -0.39 is 11.9 Å². The van der Waals surface area contributed by atoms with Gasteiger partial charge in [-0.25, -0.2) is 9.97 Å². The van der Waals surface area contributed by atoms with E-state index in [0.717, 1.165) is 17.8 Å². The van der Waals surface area contributed by atoms with Gasteiger partial charge in [-0.15, -0.1) is 0 Å². The van der Waals surface area contributed by atoms with Crippen LogP contribution in [-0.2, 0) is 6.18 Å². The van der Waals surface area contributed by atoms with Crippen LogP contribution in [0.15, 0.2) is 47.6 Å². The van der Waals surface area contributed by atoms with Gasteiger partial charge in [-0.1, -0.05) is 30.3 Å². The molecule has 0 spiro atoms. The molecule has 1 heterocycles. The van der Waals surface area contributed by atoms with Gasteiger partial charge < -0.3 is 21.1 Å². The van der Waals surface area contributed by atoms with Gasteiger partial charge in [0.25, 0.3) is 0 Å². The van der Waals surface area contributed by atoms with Crippen molar-refractivity contribution in [3.63, 3.8) is 0 Å². The highest BCUT2D eigenvalue weighted by atomic mass is 19.4. The number of guanidine groups is 1. The van der Waals surface area contributed by atoms with Crippen molar-refractivity contribution in [2.24, 2.45) is 4.99 Å². The second-order valence-corrected chi connectivity index (χ2v) is 6.13. The third-order valence-corrected chi connectivity index (χ3v) is 3.95. The fraction of sp³-hybridized carbons (Fsp3) is 0.421. The molecule has 0 aliphatic heterocycles. The molecule has 0 saturated carbocycles. The molecule has 1 unspecified atom stereocenters. The van der Waals surface area contributed by atoms with Gasteiger partial charge in [-0.3, -0.25) is 4.99 Å². The van der Waals surface area contributed by atoms with Gasteiger partial charge in [0.2, 0.25) is 5.95 Å². The first kappa shape index (κ1) is 22.4. The Hall–Kier alpha value is -2.88. The van der Waals surface area contributed by atoms with E-state index in [9.17, 15) is 18.3 Å². The Labute approximate surface area is 167 Å². The summed E-state index contributed by atoms with van der Waals surface area (Å²) in [6, 6.07) is 10.4. The molecule has 158 valence electrons. The number of hydrogen-bond acceptors (Lipinski definition) is 5. The van der Waals surface area contributed by atoms with E-state index in [4.69, 9.17) is 0 Å². The number of anilines is 1. The maximum absolute atomic E-state index is 12.7. The summed E-state index contributed by atoms with van der Waals surface area (Å²) < 4.78 is 38.0. The number of hydrogen-bond donors (Lipinski definition) is 4. The topological polar surface area (TPSA) is 94.5 Å². The maximum atomic E-state index is 12.7. The number of halogens is 3. The maximum Gasteiger partial charge on any atom is 0.433 e. The predicted octanol–water partition coefficient (Wildman–Crippen LogP) is 2.24. The first-order valence-corrected chi connectivity index (χ1v) is 9.26. The number of nitrogens with zero attached hydrogens (tertiary/aromatic N) is 3. The fourth-order valence-electron chi connectivity index (χ4n) is 2.49. The molecule has 0 bridgehead atoms. The van der Waals surface area contributed by atoms with Crippen molar-refractivity contribution >= 4 is 11.9 Å². The Balaban J connectivity index is 1.86. The highest BCUT2D eigenvalue weighted by Crippen LogP contribution is 2.27. The normalized spacial score (nSPS) is 13.1. The molecule has 0 aliphatic rings. The van der Waals surface area contributed by atoms with E-state index in [1.807, 2.05) is 37.3 Å². The molecular formula is C19H25F3N6O. The fourth-order valence-corrected chi connectivity index (χ4v) is 2.49. The van der Waals surface area contributed by atoms with Crippen LogP contribution < -0.4 is 16.0 Å². The average molecular weight is 410 g/mol. The van der Waals surface area contributed by atoms with Crippen LogP contribution in [0, 0.1) is 0 Å². The minimum absolute atomic E-state index is 0.0264. The van der Waals surface area contributed by atoms with Crippen molar-refractivity contribution in [2.75, 3.05) is 38.1 Å². The van der Waals surface area contributed by atoms with Crippen molar-refractivity contribution in [3.8, 4) is 0 Å². The Bertz CT molecular complexity index is 770. The Morgan fingerprint density at radius 3 is 2.55 bits per heavy atom. The van der Waals surface area contributed by atoms with Gasteiger partial charge in [0, 0.05) is 31.7 Å². The van der Waals surface area contributed by atoms with Gasteiger partial charge in [0.05, 0.1) is 13.2 Å². The number of aliphatic hydroxyl groups excluding tert-OH is 1. The lowest BCUT2D eigenvalue weighted by Crippen LogP contribution is -2.40. The molecule has 29 heavy (non-hydrogen) atoms. The van der Waals surface area contributed by atoms with Crippen LogP contribution in [0.4, 0.5) is 19.1 Å². The molecule has 4 N–H and O–H groups in total. The lowest BCUT2D eigenvalue weighted by Gasteiger charge is -2.15. The summed E-state index contributed by atoms with van der Waals surface area (Å²) >= 11 is 0. The molecule has 2 rings (SSSR count). The van der Waals surface area contributed by atoms with E-state index in [1.165, 1.54) is 0 Å². The summed E-state index contributed by atoms with van der Waals surface area (Å²) in [4.78, 5) is 11.7.